The minimum Gasteiger partial charge on any atom is -0.490 e. The van der Waals surface area contributed by atoms with Gasteiger partial charge in [0.05, 0.1) is 13.2 Å². The standard InChI is InChI=1S/C16H25NO2/c1-3-9-17-13(2)5-6-14-7-8-15-16(12-14)19-11-4-10-18-15/h7-8,12-13,17H,3-6,9-11H2,1-2H3. The lowest BCUT2D eigenvalue weighted by Crippen LogP contribution is -2.27. The first-order valence-corrected chi connectivity index (χ1v) is 7.41. The molecule has 0 aliphatic carbocycles. The molecular formula is C16H25NO2. The van der Waals surface area contributed by atoms with Crippen LogP contribution in [0.15, 0.2) is 18.2 Å². The van der Waals surface area contributed by atoms with Crippen molar-refractivity contribution in [2.45, 2.75) is 45.6 Å². The first-order chi connectivity index (χ1) is 9.29. The maximum atomic E-state index is 5.72. The van der Waals surface area contributed by atoms with Gasteiger partial charge in [0.1, 0.15) is 0 Å². The van der Waals surface area contributed by atoms with Crippen molar-refractivity contribution < 1.29 is 9.47 Å². The van der Waals surface area contributed by atoms with Gasteiger partial charge in [-0.2, -0.15) is 0 Å². The second-order valence-electron chi connectivity index (χ2n) is 5.23. The fourth-order valence-corrected chi connectivity index (χ4v) is 2.24. The maximum absolute atomic E-state index is 5.72. The van der Waals surface area contributed by atoms with Crippen LogP contribution in [0.4, 0.5) is 0 Å². The van der Waals surface area contributed by atoms with Gasteiger partial charge >= 0.3 is 0 Å². The van der Waals surface area contributed by atoms with E-state index < -0.39 is 0 Å². The van der Waals surface area contributed by atoms with E-state index in [1.807, 2.05) is 6.07 Å². The van der Waals surface area contributed by atoms with Crippen LogP contribution in [0.3, 0.4) is 0 Å². The van der Waals surface area contributed by atoms with Gasteiger partial charge in [0, 0.05) is 12.5 Å². The van der Waals surface area contributed by atoms with Gasteiger partial charge < -0.3 is 14.8 Å². The normalized spacial score (nSPS) is 15.9. The molecule has 1 aliphatic rings. The minimum absolute atomic E-state index is 0.566. The number of ether oxygens (including phenoxy) is 2. The van der Waals surface area contributed by atoms with Crippen LogP contribution in [0.1, 0.15) is 38.7 Å². The Morgan fingerprint density at radius 2 is 2.00 bits per heavy atom. The SMILES string of the molecule is CCCNC(C)CCc1ccc2c(c1)OCCCO2. The minimum atomic E-state index is 0.566. The Bertz CT molecular complexity index is 392. The zero-order chi connectivity index (χ0) is 13.5. The summed E-state index contributed by atoms with van der Waals surface area (Å²) in [5.74, 6) is 1.79. The topological polar surface area (TPSA) is 30.5 Å². The molecule has 19 heavy (non-hydrogen) atoms. The molecule has 3 nitrogen and oxygen atoms in total. The molecule has 0 bridgehead atoms. The highest BCUT2D eigenvalue weighted by Crippen LogP contribution is 2.30. The molecule has 3 heteroatoms. The number of hydrogen-bond donors (Lipinski definition) is 1. The van der Waals surface area contributed by atoms with Crippen molar-refractivity contribution in [3.05, 3.63) is 23.8 Å². The number of rotatable bonds is 6. The summed E-state index contributed by atoms with van der Waals surface area (Å²) in [4.78, 5) is 0. The lowest BCUT2D eigenvalue weighted by molar-refractivity contribution is 0.297. The van der Waals surface area contributed by atoms with Gasteiger partial charge in [-0.3, -0.25) is 0 Å². The predicted molar refractivity (Wildman–Crippen MR) is 78.1 cm³/mol. The van der Waals surface area contributed by atoms with E-state index in [-0.39, 0.29) is 0 Å². The quantitative estimate of drug-likeness (QED) is 0.855. The molecule has 1 atom stereocenters. The van der Waals surface area contributed by atoms with E-state index in [1.54, 1.807) is 0 Å². The van der Waals surface area contributed by atoms with E-state index in [9.17, 15) is 0 Å². The van der Waals surface area contributed by atoms with Crippen LogP contribution in [0.25, 0.3) is 0 Å². The summed E-state index contributed by atoms with van der Waals surface area (Å²) in [6.07, 6.45) is 4.38. The van der Waals surface area contributed by atoms with E-state index in [0.29, 0.717) is 6.04 Å². The Kier molecular flexibility index (Phi) is 5.52. The van der Waals surface area contributed by atoms with Crippen LogP contribution in [-0.2, 0) is 6.42 Å². The van der Waals surface area contributed by atoms with E-state index in [1.165, 1.54) is 12.0 Å². The van der Waals surface area contributed by atoms with E-state index >= 15 is 0 Å². The third kappa shape index (κ3) is 4.43. The van der Waals surface area contributed by atoms with Gasteiger partial charge in [-0.15, -0.1) is 0 Å². The third-order valence-electron chi connectivity index (χ3n) is 3.42. The largest absolute Gasteiger partial charge is 0.490 e. The molecule has 0 spiro atoms. The van der Waals surface area contributed by atoms with Crippen molar-refractivity contribution in [2.75, 3.05) is 19.8 Å². The van der Waals surface area contributed by atoms with Crippen molar-refractivity contribution in [2.24, 2.45) is 0 Å². The second kappa shape index (κ2) is 7.39. The van der Waals surface area contributed by atoms with Gasteiger partial charge in [0.2, 0.25) is 0 Å². The van der Waals surface area contributed by atoms with Crippen LogP contribution >= 0.6 is 0 Å². The molecular weight excluding hydrogens is 238 g/mol. The molecule has 0 saturated heterocycles. The molecule has 1 aliphatic heterocycles. The highest BCUT2D eigenvalue weighted by Gasteiger charge is 2.11. The number of nitrogens with one attached hydrogen (secondary N) is 1. The van der Waals surface area contributed by atoms with Crippen molar-refractivity contribution >= 4 is 0 Å². The number of hydrogen-bond acceptors (Lipinski definition) is 3. The zero-order valence-corrected chi connectivity index (χ0v) is 12.1. The summed E-state index contributed by atoms with van der Waals surface area (Å²) in [6, 6.07) is 6.89. The molecule has 1 heterocycles. The van der Waals surface area contributed by atoms with Crippen LogP contribution in [0, 0.1) is 0 Å². The molecule has 0 amide bonds. The van der Waals surface area contributed by atoms with Gasteiger partial charge in [-0.05, 0) is 50.4 Å². The Morgan fingerprint density at radius 3 is 2.79 bits per heavy atom. The molecule has 0 radical (unpaired) electrons. The highest BCUT2D eigenvalue weighted by atomic mass is 16.5. The summed E-state index contributed by atoms with van der Waals surface area (Å²) < 4.78 is 11.4. The summed E-state index contributed by atoms with van der Waals surface area (Å²) in [5, 5.41) is 3.52. The fourth-order valence-electron chi connectivity index (χ4n) is 2.24. The van der Waals surface area contributed by atoms with Crippen LogP contribution in [0.2, 0.25) is 0 Å². The predicted octanol–water partition coefficient (Wildman–Crippen LogP) is 3.17. The maximum Gasteiger partial charge on any atom is 0.161 e. The van der Waals surface area contributed by atoms with Gasteiger partial charge in [0.25, 0.3) is 0 Å². The molecule has 0 aromatic heterocycles. The lowest BCUT2D eigenvalue weighted by atomic mass is 10.1. The van der Waals surface area contributed by atoms with Gasteiger partial charge in [-0.1, -0.05) is 13.0 Å². The molecule has 1 N–H and O–H groups in total. The molecule has 1 aromatic rings. The molecule has 0 fully saturated rings. The molecule has 1 unspecified atom stereocenters. The van der Waals surface area contributed by atoms with Crippen molar-refractivity contribution in [1.29, 1.82) is 0 Å². The molecule has 0 saturated carbocycles. The fraction of sp³-hybridized carbons (Fsp3) is 0.625. The second-order valence-corrected chi connectivity index (χ2v) is 5.23. The van der Waals surface area contributed by atoms with Crippen LogP contribution in [0.5, 0.6) is 11.5 Å². The van der Waals surface area contributed by atoms with Gasteiger partial charge in [0.15, 0.2) is 11.5 Å². The lowest BCUT2D eigenvalue weighted by Gasteiger charge is -2.14. The smallest absolute Gasteiger partial charge is 0.161 e. The summed E-state index contributed by atoms with van der Waals surface area (Å²) in [5.41, 5.74) is 1.33. The number of fused-ring (bicyclic) bond motifs is 1. The summed E-state index contributed by atoms with van der Waals surface area (Å²) in [6.45, 7) is 7.06. The molecule has 1 aromatic carbocycles. The highest BCUT2D eigenvalue weighted by molar-refractivity contribution is 5.43. The Balaban J connectivity index is 1.89. The molecule has 106 valence electrons. The number of aryl methyl sites for hydroxylation is 1. The summed E-state index contributed by atoms with van der Waals surface area (Å²) >= 11 is 0. The van der Waals surface area contributed by atoms with E-state index in [0.717, 1.165) is 50.5 Å². The van der Waals surface area contributed by atoms with Crippen LogP contribution < -0.4 is 14.8 Å². The average molecular weight is 263 g/mol. The zero-order valence-electron chi connectivity index (χ0n) is 12.1. The first kappa shape index (κ1) is 14.2. The van der Waals surface area contributed by atoms with Crippen molar-refractivity contribution in [3.63, 3.8) is 0 Å². The van der Waals surface area contributed by atoms with Crippen molar-refractivity contribution in [3.8, 4) is 11.5 Å². The molecule has 2 rings (SSSR count). The first-order valence-electron chi connectivity index (χ1n) is 7.41. The summed E-state index contributed by atoms with van der Waals surface area (Å²) in [7, 11) is 0. The Hall–Kier alpha value is -1.22. The third-order valence-corrected chi connectivity index (χ3v) is 3.42. The Labute approximate surface area is 116 Å². The number of benzene rings is 1. The van der Waals surface area contributed by atoms with Gasteiger partial charge in [-0.25, -0.2) is 0 Å². The van der Waals surface area contributed by atoms with Crippen molar-refractivity contribution in [1.82, 2.24) is 5.32 Å². The average Bonchev–Trinajstić information content (AvgIpc) is 2.67. The van der Waals surface area contributed by atoms with Crippen LogP contribution in [-0.4, -0.2) is 25.8 Å². The monoisotopic (exact) mass is 263 g/mol. The van der Waals surface area contributed by atoms with E-state index in [4.69, 9.17) is 9.47 Å². The Morgan fingerprint density at radius 1 is 1.21 bits per heavy atom. The van der Waals surface area contributed by atoms with E-state index in [2.05, 4.69) is 31.3 Å².